The molecule has 2 aromatic rings. The van der Waals surface area contributed by atoms with Gasteiger partial charge in [0, 0.05) is 0 Å². The van der Waals surface area contributed by atoms with Crippen LogP contribution in [0.25, 0.3) is 0 Å². The molecule has 0 fully saturated rings. The van der Waals surface area contributed by atoms with Crippen molar-refractivity contribution in [3.63, 3.8) is 0 Å². The average Bonchev–Trinajstić information content (AvgIpc) is 2.48. The molecule has 0 aliphatic heterocycles. The highest BCUT2D eigenvalue weighted by Gasteiger charge is 2.26. The van der Waals surface area contributed by atoms with Crippen LogP contribution in [-0.4, -0.2) is 20.9 Å². The van der Waals surface area contributed by atoms with Crippen LogP contribution in [0.5, 0.6) is 0 Å². The number of aliphatic carboxylic acids is 1. The lowest BCUT2D eigenvalue weighted by atomic mass is 10.1. The quantitative estimate of drug-likeness (QED) is 0.831. The summed E-state index contributed by atoms with van der Waals surface area (Å²) in [6.45, 7) is 2.86. The minimum atomic E-state index is -3.98. The number of sulfonamides is 1. The van der Waals surface area contributed by atoms with E-state index in [-0.39, 0.29) is 4.90 Å². The van der Waals surface area contributed by atoms with Gasteiger partial charge in [-0.05, 0) is 43.2 Å². The van der Waals surface area contributed by atoms with E-state index in [4.69, 9.17) is 0 Å². The third-order valence-corrected chi connectivity index (χ3v) is 5.22. The van der Waals surface area contributed by atoms with Crippen molar-refractivity contribution in [3.05, 3.63) is 59.7 Å². The number of benzene rings is 2. The number of rotatable bonds is 5. The monoisotopic (exact) mass is 318 g/mol. The van der Waals surface area contributed by atoms with E-state index < -0.39 is 22.5 Å². The molecule has 0 amide bonds. The number of anilines is 1. The summed E-state index contributed by atoms with van der Waals surface area (Å²) in [6.07, 6.45) is 0. The molecule has 116 valence electrons. The van der Waals surface area contributed by atoms with Crippen LogP contribution in [0.3, 0.4) is 0 Å². The van der Waals surface area contributed by atoms with E-state index >= 15 is 0 Å². The minimum Gasteiger partial charge on any atom is -0.548 e. The van der Waals surface area contributed by atoms with Crippen LogP contribution >= 0.6 is 0 Å². The predicted molar refractivity (Wildman–Crippen MR) is 81.9 cm³/mol. The molecule has 0 radical (unpaired) electrons. The summed E-state index contributed by atoms with van der Waals surface area (Å²) in [5.74, 6) is -1.46. The maximum Gasteiger partial charge on any atom is 0.264 e. The Hall–Kier alpha value is -2.34. The van der Waals surface area contributed by atoms with Gasteiger partial charge in [-0.15, -0.1) is 0 Å². The van der Waals surface area contributed by atoms with Crippen molar-refractivity contribution in [1.29, 1.82) is 0 Å². The Kier molecular flexibility index (Phi) is 4.51. The molecule has 2 aromatic carbocycles. The highest BCUT2D eigenvalue weighted by molar-refractivity contribution is 7.92. The van der Waals surface area contributed by atoms with Gasteiger partial charge in [-0.1, -0.05) is 30.3 Å². The van der Waals surface area contributed by atoms with Crippen LogP contribution < -0.4 is 9.41 Å². The Morgan fingerprint density at radius 2 is 1.68 bits per heavy atom. The molecule has 0 saturated carbocycles. The lowest BCUT2D eigenvalue weighted by molar-refractivity contribution is -0.303. The normalized spacial score (nSPS) is 11.2. The second-order valence-electron chi connectivity index (χ2n) is 4.92. The zero-order chi connectivity index (χ0) is 16.3. The minimum absolute atomic E-state index is 0.0390. The molecule has 0 aliphatic rings. The molecule has 6 heteroatoms. The standard InChI is InChI=1S/C16H17NO4S/c1-12-7-6-10-15(13(12)2)17(11-16(18)19)22(20,21)14-8-4-3-5-9-14/h3-10H,11H2,1-2H3,(H,18,19)/p-1. The molecule has 0 unspecified atom stereocenters. The molecule has 0 bridgehead atoms. The zero-order valence-electron chi connectivity index (χ0n) is 12.3. The first-order valence-electron chi connectivity index (χ1n) is 6.68. The Bertz CT molecular complexity index is 785. The van der Waals surface area contributed by atoms with Gasteiger partial charge in [0.05, 0.1) is 23.1 Å². The van der Waals surface area contributed by atoms with Gasteiger partial charge in [-0.25, -0.2) is 8.42 Å². The van der Waals surface area contributed by atoms with Gasteiger partial charge < -0.3 is 9.90 Å². The summed E-state index contributed by atoms with van der Waals surface area (Å²) >= 11 is 0. The molecule has 0 heterocycles. The molecule has 22 heavy (non-hydrogen) atoms. The van der Waals surface area contributed by atoms with Crippen molar-refractivity contribution in [1.82, 2.24) is 0 Å². The van der Waals surface area contributed by atoms with E-state index in [9.17, 15) is 18.3 Å². The van der Waals surface area contributed by atoms with E-state index in [1.165, 1.54) is 12.1 Å². The first kappa shape index (κ1) is 16.0. The smallest absolute Gasteiger partial charge is 0.264 e. The van der Waals surface area contributed by atoms with E-state index in [0.29, 0.717) is 11.3 Å². The molecule has 5 nitrogen and oxygen atoms in total. The summed E-state index contributed by atoms with van der Waals surface area (Å²) < 4.78 is 26.4. The van der Waals surface area contributed by atoms with Crippen molar-refractivity contribution < 1.29 is 18.3 Å². The molecule has 0 aromatic heterocycles. The number of hydrogen-bond donors (Lipinski definition) is 0. The van der Waals surface area contributed by atoms with E-state index in [1.807, 2.05) is 13.0 Å². The molecule has 0 N–H and O–H groups in total. The van der Waals surface area contributed by atoms with Gasteiger partial charge in [0.15, 0.2) is 0 Å². The summed E-state index contributed by atoms with van der Waals surface area (Å²) in [4.78, 5) is 11.1. The highest BCUT2D eigenvalue weighted by atomic mass is 32.2. The van der Waals surface area contributed by atoms with Crippen LogP contribution in [0.15, 0.2) is 53.4 Å². The third-order valence-electron chi connectivity index (χ3n) is 3.45. The molecule has 0 atom stereocenters. The Balaban J connectivity index is 2.61. The number of aryl methyl sites for hydroxylation is 1. The van der Waals surface area contributed by atoms with Crippen LogP contribution in [0, 0.1) is 13.8 Å². The SMILES string of the molecule is Cc1cccc(N(CC(=O)[O-])S(=O)(=O)c2ccccc2)c1C. The Morgan fingerprint density at radius 3 is 2.27 bits per heavy atom. The van der Waals surface area contributed by atoms with Gasteiger partial charge in [0.2, 0.25) is 0 Å². The maximum absolute atomic E-state index is 12.8. The second kappa shape index (κ2) is 6.19. The fraction of sp³-hybridized carbons (Fsp3) is 0.188. The van der Waals surface area contributed by atoms with Gasteiger partial charge >= 0.3 is 0 Å². The number of nitrogens with zero attached hydrogens (tertiary/aromatic N) is 1. The lowest BCUT2D eigenvalue weighted by Crippen LogP contribution is -2.42. The van der Waals surface area contributed by atoms with E-state index in [2.05, 4.69) is 0 Å². The number of hydrogen-bond acceptors (Lipinski definition) is 4. The first-order chi connectivity index (χ1) is 10.3. The number of carbonyl (C=O) groups excluding carboxylic acids is 1. The third kappa shape index (κ3) is 3.12. The predicted octanol–water partition coefficient (Wildman–Crippen LogP) is 1.25. The summed E-state index contributed by atoms with van der Waals surface area (Å²) in [7, 11) is -3.98. The van der Waals surface area contributed by atoms with Gasteiger partial charge in [0.1, 0.15) is 0 Å². The van der Waals surface area contributed by atoms with E-state index in [1.54, 1.807) is 37.3 Å². The fourth-order valence-corrected chi connectivity index (χ4v) is 3.63. The first-order valence-corrected chi connectivity index (χ1v) is 8.12. The molecular formula is C16H16NO4S-. The summed E-state index contributed by atoms with van der Waals surface area (Å²) in [5, 5.41) is 11.0. The van der Waals surface area contributed by atoms with Gasteiger partial charge in [-0.2, -0.15) is 0 Å². The lowest BCUT2D eigenvalue weighted by Gasteiger charge is -2.27. The van der Waals surface area contributed by atoms with Crippen molar-refractivity contribution in [3.8, 4) is 0 Å². The van der Waals surface area contributed by atoms with Crippen LogP contribution in [0.2, 0.25) is 0 Å². The summed E-state index contributed by atoms with van der Waals surface area (Å²) in [5.41, 5.74) is 1.93. The number of carboxylic acids is 1. The number of carbonyl (C=O) groups is 1. The van der Waals surface area contributed by atoms with Crippen molar-refractivity contribution in [2.24, 2.45) is 0 Å². The van der Waals surface area contributed by atoms with Crippen molar-refractivity contribution >= 4 is 21.7 Å². The highest BCUT2D eigenvalue weighted by Crippen LogP contribution is 2.28. The second-order valence-corrected chi connectivity index (χ2v) is 6.78. The average molecular weight is 318 g/mol. The Labute approximate surface area is 129 Å². The van der Waals surface area contributed by atoms with E-state index in [0.717, 1.165) is 9.87 Å². The van der Waals surface area contributed by atoms with Gasteiger partial charge in [-0.3, -0.25) is 4.31 Å². The van der Waals surface area contributed by atoms with Crippen LogP contribution in [-0.2, 0) is 14.8 Å². The Morgan fingerprint density at radius 1 is 1.05 bits per heavy atom. The summed E-state index contributed by atoms with van der Waals surface area (Å²) in [6, 6.07) is 12.9. The maximum atomic E-state index is 12.8. The molecule has 0 saturated heterocycles. The molecule has 0 spiro atoms. The van der Waals surface area contributed by atoms with Crippen molar-refractivity contribution in [2.75, 3.05) is 10.8 Å². The zero-order valence-corrected chi connectivity index (χ0v) is 13.1. The van der Waals surface area contributed by atoms with Gasteiger partial charge in [0.25, 0.3) is 10.0 Å². The fourth-order valence-electron chi connectivity index (χ4n) is 2.14. The number of carboxylic acid groups (broad SMARTS) is 1. The van der Waals surface area contributed by atoms with Crippen molar-refractivity contribution in [2.45, 2.75) is 18.7 Å². The molecule has 0 aliphatic carbocycles. The van der Waals surface area contributed by atoms with Crippen LogP contribution in [0.1, 0.15) is 11.1 Å². The molecular weight excluding hydrogens is 302 g/mol. The van der Waals surface area contributed by atoms with Crippen LogP contribution in [0.4, 0.5) is 5.69 Å². The topological polar surface area (TPSA) is 77.5 Å². The molecule has 2 rings (SSSR count). The largest absolute Gasteiger partial charge is 0.548 e.